The average molecular weight is 303 g/mol. The predicted octanol–water partition coefficient (Wildman–Crippen LogP) is 1.96. The lowest BCUT2D eigenvalue weighted by molar-refractivity contribution is 0.220. The van der Waals surface area contributed by atoms with Gasteiger partial charge in [0, 0.05) is 11.6 Å². The average Bonchev–Trinajstić information content (AvgIpc) is 2.39. The van der Waals surface area contributed by atoms with Crippen molar-refractivity contribution in [1.29, 1.82) is 0 Å². The monoisotopic (exact) mass is 302 g/mol. The first-order valence-corrected chi connectivity index (χ1v) is 8.27. The van der Waals surface area contributed by atoms with E-state index in [9.17, 15) is 8.42 Å². The first kappa shape index (κ1) is 14.8. The highest BCUT2D eigenvalue weighted by Crippen LogP contribution is 2.17. The van der Waals surface area contributed by atoms with Crippen LogP contribution in [0, 0.1) is 5.92 Å². The van der Waals surface area contributed by atoms with Crippen LogP contribution >= 0.6 is 11.6 Å². The van der Waals surface area contributed by atoms with Crippen molar-refractivity contribution in [2.75, 3.05) is 26.7 Å². The van der Waals surface area contributed by atoms with Gasteiger partial charge in [-0.3, -0.25) is 0 Å². The van der Waals surface area contributed by atoms with Crippen LogP contribution in [0.25, 0.3) is 0 Å². The van der Waals surface area contributed by atoms with Gasteiger partial charge in [0.1, 0.15) is 0 Å². The number of benzene rings is 1. The number of hydrogen-bond donors (Lipinski definition) is 1. The van der Waals surface area contributed by atoms with Gasteiger partial charge >= 0.3 is 0 Å². The second-order valence-electron chi connectivity index (χ2n) is 5.05. The van der Waals surface area contributed by atoms with Crippen LogP contribution in [0.3, 0.4) is 0 Å². The summed E-state index contributed by atoms with van der Waals surface area (Å²) >= 11 is 5.75. The van der Waals surface area contributed by atoms with Crippen LogP contribution in [0.1, 0.15) is 12.8 Å². The lowest BCUT2D eigenvalue weighted by Gasteiger charge is -2.28. The summed E-state index contributed by atoms with van der Waals surface area (Å²) < 4.78 is 26.9. The van der Waals surface area contributed by atoms with E-state index in [4.69, 9.17) is 11.6 Å². The van der Waals surface area contributed by atoms with Gasteiger partial charge in [-0.25, -0.2) is 13.1 Å². The second-order valence-corrected chi connectivity index (χ2v) is 7.26. The molecule has 1 aliphatic heterocycles. The van der Waals surface area contributed by atoms with E-state index in [1.165, 1.54) is 12.1 Å². The summed E-state index contributed by atoms with van der Waals surface area (Å²) in [6.45, 7) is 2.58. The number of likely N-dealkylation sites (tertiary alicyclic amines) is 1. The highest BCUT2D eigenvalue weighted by atomic mass is 35.5. The number of hydrogen-bond acceptors (Lipinski definition) is 3. The molecule has 19 heavy (non-hydrogen) atoms. The molecule has 0 atom stereocenters. The molecular formula is C13H19ClN2O2S. The van der Waals surface area contributed by atoms with Gasteiger partial charge in [0.25, 0.3) is 0 Å². The van der Waals surface area contributed by atoms with Gasteiger partial charge in [-0.15, -0.1) is 0 Å². The molecule has 1 fully saturated rings. The van der Waals surface area contributed by atoms with E-state index < -0.39 is 10.0 Å². The Morgan fingerprint density at radius 2 is 1.84 bits per heavy atom. The molecule has 1 N–H and O–H groups in total. The summed E-state index contributed by atoms with van der Waals surface area (Å²) in [4.78, 5) is 2.54. The molecule has 1 aromatic rings. The van der Waals surface area contributed by atoms with Crippen LogP contribution in [0.4, 0.5) is 0 Å². The third-order valence-electron chi connectivity index (χ3n) is 3.52. The van der Waals surface area contributed by atoms with Gasteiger partial charge in [-0.05, 0) is 63.2 Å². The van der Waals surface area contributed by atoms with Gasteiger partial charge < -0.3 is 4.90 Å². The van der Waals surface area contributed by atoms with Crippen molar-refractivity contribution in [3.05, 3.63) is 29.3 Å². The maximum atomic E-state index is 12.1. The van der Waals surface area contributed by atoms with Crippen molar-refractivity contribution >= 4 is 21.6 Å². The highest BCUT2D eigenvalue weighted by molar-refractivity contribution is 7.89. The number of halogens is 1. The van der Waals surface area contributed by atoms with E-state index in [1.807, 2.05) is 0 Å². The Morgan fingerprint density at radius 3 is 2.42 bits per heavy atom. The number of nitrogens with one attached hydrogen (secondary N) is 1. The van der Waals surface area contributed by atoms with Crippen LogP contribution in [-0.4, -0.2) is 40.0 Å². The zero-order valence-electron chi connectivity index (χ0n) is 11.0. The van der Waals surface area contributed by atoms with Gasteiger partial charge in [0.2, 0.25) is 10.0 Å². The summed E-state index contributed by atoms with van der Waals surface area (Å²) in [5, 5.41) is 0.536. The molecule has 0 aliphatic carbocycles. The maximum Gasteiger partial charge on any atom is 0.240 e. The lowest BCUT2D eigenvalue weighted by Crippen LogP contribution is -2.36. The smallest absolute Gasteiger partial charge is 0.240 e. The Kier molecular flexibility index (Phi) is 4.84. The number of sulfonamides is 1. The normalized spacial score (nSPS) is 18.6. The summed E-state index contributed by atoms with van der Waals surface area (Å²) in [7, 11) is -1.32. The first-order valence-electron chi connectivity index (χ1n) is 6.41. The van der Waals surface area contributed by atoms with Crippen molar-refractivity contribution in [2.45, 2.75) is 17.7 Å². The molecule has 1 heterocycles. The minimum Gasteiger partial charge on any atom is -0.306 e. The Bertz CT molecular complexity index is 508. The lowest BCUT2D eigenvalue weighted by atomic mass is 9.98. The molecule has 0 saturated carbocycles. The number of piperidine rings is 1. The summed E-state index contributed by atoms with van der Waals surface area (Å²) in [5.74, 6) is 0.429. The minimum atomic E-state index is -3.41. The molecule has 1 aliphatic rings. The molecule has 106 valence electrons. The third kappa shape index (κ3) is 4.18. The fourth-order valence-corrected chi connectivity index (χ4v) is 3.43. The molecule has 1 saturated heterocycles. The molecule has 0 amide bonds. The quantitative estimate of drug-likeness (QED) is 0.925. The predicted molar refractivity (Wildman–Crippen MR) is 76.9 cm³/mol. The van der Waals surface area contributed by atoms with Crippen LogP contribution in [0.15, 0.2) is 29.2 Å². The summed E-state index contributed by atoms with van der Waals surface area (Å²) in [5.41, 5.74) is 0. The molecule has 0 bridgehead atoms. The van der Waals surface area contributed by atoms with Gasteiger partial charge in [-0.1, -0.05) is 11.6 Å². The van der Waals surface area contributed by atoms with Crippen LogP contribution in [0.2, 0.25) is 5.02 Å². The standard InChI is InChI=1S/C13H19ClN2O2S/c1-16-8-6-11(7-9-16)10-15-19(17,18)13-4-2-12(14)3-5-13/h2-5,11,15H,6-10H2,1H3. The van der Waals surface area contributed by atoms with Crippen LogP contribution < -0.4 is 4.72 Å². The molecule has 0 aromatic heterocycles. The van der Waals surface area contributed by atoms with Gasteiger partial charge in [0.05, 0.1) is 4.90 Å². The topological polar surface area (TPSA) is 49.4 Å². The Balaban J connectivity index is 1.92. The van der Waals surface area contributed by atoms with Crippen molar-refractivity contribution in [2.24, 2.45) is 5.92 Å². The molecular weight excluding hydrogens is 284 g/mol. The molecule has 0 unspecified atom stereocenters. The molecule has 2 rings (SSSR count). The van der Waals surface area contributed by atoms with Crippen molar-refractivity contribution < 1.29 is 8.42 Å². The molecule has 0 spiro atoms. The van der Waals surface area contributed by atoms with E-state index in [-0.39, 0.29) is 4.90 Å². The van der Waals surface area contributed by atoms with Crippen molar-refractivity contribution in [3.63, 3.8) is 0 Å². The van der Waals surface area contributed by atoms with E-state index in [0.29, 0.717) is 17.5 Å². The summed E-state index contributed by atoms with van der Waals surface area (Å²) in [6, 6.07) is 6.23. The minimum absolute atomic E-state index is 0.268. The molecule has 4 nitrogen and oxygen atoms in total. The Morgan fingerprint density at radius 1 is 1.26 bits per heavy atom. The highest BCUT2D eigenvalue weighted by Gasteiger charge is 2.20. The Labute approximate surface area is 119 Å². The largest absolute Gasteiger partial charge is 0.306 e. The molecule has 1 aromatic carbocycles. The fourth-order valence-electron chi connectivity index (χ4n) is 2.19. The van der Waals surface area contributed by atoms with Gasteiger partial charge in [0.15, 0.2) is 0 Å². The van der Waals surface area contributed by atoms with E-state index in [0.717, 1.165) is 25.9 Å². The van der Waals surface area contributed by atoms with E-state index in [1.54, 1.807) is 12.1 Å². The van der Waals surface area contributed by atoms with E-state index in [2.05, 4.69) is 16.7 Å². The molecule has 0 radical (unpaired) electrons. The molecule has 6 heteroatoms. The fraction of sp³-hybridized carbons (Fsp3) is 0.538. The number of nitrogens with zero attached hydrogens (tertiary/aromatic N) is 1. The third-order valence-corrected chi connectivity index (χ3v) is 5.22. The zero-order valence-corrected chi connectivity index (χ0v) is 12.5. The van der Waals surface area contributed by atoms with E-state index >= 15 is 0 Å². The second kappa shape index (κ2) is 6.22. The van der Waals surface area contributed by atoms with Crippen LogP contribution in [-0.2, 0) is 10.0 Å². The number of rotatable bonds is 4. The van der Waals surface area contributed by atoms with Crippen molar-refractivity contribution in [3.8, 4) is 0 Å². The maximum absolute atomic E-state index is 12.1. The first-order chi connectivity index (χ1) is 8.97. The van der Waals surface area contributed by atoms with Crippen LogP contribution in [0.5, 0.6) is 0 Å². The zero-order chi connectivity index (χ0) is 13.9. The Hall–Kier alpha value is -0.620. The van der Waals surface area contributed by atoms with Gasteiger partial charge in [-0.2, -0.15) is 0 Å². The summed E-state index contributed by atoms with van der Waals surface area (Å²) in [6.07, 6.45) is 2.08. The van der Waals surface area contributed by atoms with Crippen molar-refractivity contribution in [1.82, 2.24) is 9.62 Å². The SMILES string of the molecule is CN1CCC(CNS(=O)(=O)c2ccc(Cl)cc2)CC1.